The monoisotopic (exact) mass is 332 g/mol. The van der Waals surface area contributed by atoms with Gasteiger partial charge in [-0.1, -0.05) is 29.8 Å². The Morgan fingerprint density at radius 1 is 1.09 bits per heavy atom. The van der Waals surface area contributed by atoms with Crippen molar-refractivity contribution >= 4 is 16.1 Å². The summed E-state index contributed by atoms with van der Waals surface area (Å²) in [5.74, 6) is 0. The highest BCUT2D eigenvalue weighted by Crippen LogP contribution is 2.23. The third kappa shape index (κ3) is 3.86. The first kappa shape index (κ1) is 15.9. The Hall–Kier alpha value is -1.99. The standard InChI is InChI=1S/C16H20N4O2S/c1-14-2-4-15(5-3-14)8-13-23(21,22)19-11-6-16(7-12-19)20-17-9-10-18-20/h2-5,8-10,13,16H,6-7,11-12H2,1H3/b13-8+. The molecule has 2 heterocycles. The SMILES string of the molecule is Cc1ccc(/C=C/S(=O)(=O)N2CCC(n3nccn3)CC2)cc1. The van der Waals surface area contributed by atoms with Crippen molar-refractivity contribution in [1.82, 2.24) is 19.3 Å². The highest BCUT2D eigenvalue weighted by molar-refractivity contribution is 7.92. The molecule has 0 amide bonds. The van der Waals surface area contributed by atoms with Crippen molar-refractivity contribution in [3.05, 3.63) is 53.2 Å². The molecular formula is C16H20N4O2S. The lowest BCUT2D eigenvalue weighted by atomic mass is 10.1. The predicted octanol–water partition coefficient (Wildman–Crippen LogP) is 2.22. The normalized spacial score (nSPS) is 17.8. The maximum Gasteiger partial charge on any atom is 0.236 e. The molecule has 0 bridgehead atoms. The van der Waals surface area contributed by atoms with Crippen LogP contribution in [0.3, 0.4) is 0 Å². The molecule has 0 radical (unpaired) electrons. The zero-order chi connectivity index (χ0) is 16.3. The highest BCUT2D eigenvalue weighted by Gasteiger charge is 2.27. The Morgan fingerprint density at radius 2 is 1.70 bits per heavy atom. The smallest absolute Gasteiger partial charge is 0.208 e. The van der Waals surface area contributed by atoms with Gasteiger partial charge in [0.1, 0.15) is 0 Å². The van der Waals surface area contributed by atoms with Gasteiger partial charge in [-0.25, -0.2) is 8.42 Å². The van der Waals surface area contributed by atoms with Crippen LogP contribution in [-0.2, 0) is 10.0 Å². The van der Waals surface area contributed by atoms with Crippen LogP contribution < -0.4 is 0 Å². The number of nitrogens with zero attached hydrogens (tertiary/aromatic N) is 4. The van der Waals surface area contributed by atoms with Crippen molar-refractivity contribution in [2.45, 2.75) is 25.8 Å². The number of hydrogen-bond acceptors (Lipinski definition) is 4. The topological polar surface area (TPSA) is 68.1 Å². The zero-order valence-electron chi connectivity index (χ0n) is 13.0. The van der Waals surface area contributed by atoms with E-state index in [2.05, 4.69) is 10.2 Å². The average Bonchev–Trinajstić information content (AvgIpc) is 3.09. The van der Waals surface area contributed by atoms with Gasteiger partial charge in [0, 0.05) is 18.5 Å². The summed E-state index contributed by atoms with van der Waals surface area (Å²) < 4.78 is 26.4. The zero-order valence-corrected chi connectivity index (χ0v) is 13.9. The first-order valence-corrected chi connectivity index (χ1v) is 9.16. The molecule has 0 unspecified atom stereocenters. The van der Waals surface area contributed by atoms with E-state index in [1.807, 2.05) is 31.2 Å². The molecule has 23 heavy (non-hydrogen) atoms. The molecule has 2 aromatic rings. The van der Waals surface area contributed by atoms with Gasteiger partial charge in [0.2, 0.25) is 10.0 Å². The minimum atomic E-state index is -3.38. The summed E-state index contributed by atoms with van der Waals surface area (Å²) in [6, 6.07) is 7.94. The van der Waals surface area contributed by atoms with Gasteiger partial charge in [-0.3, -0.25) is 0 Å². The van der Waals surface area contributed by atoms with Gasteiger partial charge in [0.05, 0.1) is 18.4 Å². The number of hydrogen-bond donors (Lipinski definition) is 0. The van der Waals surface area contributed by atoms with Crippen LogP contribution in [0.4, 0.5) is 0 Å². The number of piperidine rings is 1. The van der Waals surface area contributed by atoms with Gasteiger partial charge in [-0.2, -0.15) is 19.3 Å². The summed E-state index contributed by atoms with van der Waals surface area (Å²) in [4.78, 5) is 1.67. The Bertz CT molecular complexity index is 759. The maximum atomic E-state index is 12.4. The van der Waals surface area contributed by atoms with Crippen molar-refractivity contribution < 1.29 is 8.42 Å². The Balaban J connectivity index is 1.63. The molecule has 7 heteroatoms. The second-order valence-corrected chi connectivity index (χ2v) is 7.56. The molecule has 0 spiro atoms. The van der Waals surface area contributed by atoms with Gasteiger partial charge in [0.15, 0.2) is 0 Å². The van der Waals surface area contributed by atoms with Crippen molar-refractivity contribution in [2.24, 2.45) is 0 Å². The van der Waals surface area contributed by atoms with Crippen LogP contribution in [0.2, 0.25) is 0 Å². The number of aromatic nitrogens is 3. The molecule has 0 saturated carbocycles. The Labute approximate surface area is 136 Å². The third-order valence-electron chi connectivity index (χ3n) is 4.06. The molecule has 122 valence electrons. The fourth-order valence-electron chi connectivity index (χ4n) is 2.67. The molecule has 1 aliphatic heterocycles. The van der Waals surface area contributed by atoms with E-state index >= 15 is 0 Å². The van der Waals surface area contributed by atoms with E-state index in [-0.39, 0.29) is 6.04 Å². The van der Waals surface area contributed by atoms with E-state index < -0.39 is 10.0 Å². The van der Waals surface area contributed by atoms with Crippen molar-refractivity contribution in [3.63, 3.8) is 0 Å². The molecule has 1 fully saturated rings. The lowest BCUT2D eigenvalue weighted by Crippen LogP contribution is -2.38. The van der Waals surface area contributed by atoms with Crippen molar-refractivity contribution in [3.8, 4) is 0 Å². The molecule has 1 saturated heterocycles. The second kappa shape index (κ2) is 6.64. The molecule has 6 nitrogen and oxygen atoms in total. The largest absolute Gasteiger partial charge is 0.236 e. The van der Waals surface area contributed by atoms with Gasteiger partial charge in [-0.05, 0) is 31.4 Å². The summed E-state index contributed by atoms with van der Waals surface area (Å²) in [5, 5.41) is 9.56. The third-order valence-corrected chi connectivity index (χ3v) is 5.62. The molecular weight excluding hydrogens is 312 g/mol. The van der Waals surface area contributed by atoms with Gasteiger partial charge in [0.25, 0.3) is 0 Å². The van der Waals surface area contributed by atoms with E-state index in [0.29, 0.717) is 13.1 Å². The number of benzene rings is 1. The average molecular weight is 332 g/mol. The number of rotatable bonds is 4. The van der Waals surface area contributed by atoms with Crippen molar-refractivity contribution in [1.29, 1.82) is 0 Å². The molecule has 0 aliphatic carbocycles. The number of aryl methyl sites for hydroxylation is 1. The van der Waals surface area contributed by atoms with Gasteiger partial charge >= 0.3 is 0 Å². The molecule has 1 aromatic heterocycles. The van der Waals surface area contributed by atoms with Crippen LogP contribution in [-0.4, -0.2) is 40.8 Å². The number of sulfonamides is 1. The first-order valence-electron chi connectivity index (χ1n) is 7.65. The summed E-state index contributed by atoms with van der Waals surface area (Å²) in [5.41, 5.74) is 2.04. The Kier molecular flexibility index (Phi) is 4.58. The fourth-order valence-corrected chi connectivity index (χ4v) is 3.89. The quantitative estimate of drug-likeness (QED) is 0.861. The summed E-state index contributed by atoms with van der Waals surface area (Å²) >= 11 is 0. The van der Waals surface area contributed by atoms with E-state index in [1.165, 1.54) is 9.71 Å². The second-order valence-electron chi connectivity index (χ2n) is 5.74. The van der Waals surface area contributed by atoms with Crippen LogP contribution in [0.5, 0.6) is 0 Å². The highest BCUT2D eigenvalue weighted by atomic mass is 32.2. The van der Waals surface area contributed by atoms with Crippen LogP contribution in [0.15, 0.2) is 42.1 Å². The van der Waals surface area contributed by atoms with Crippen LogP contribution in [0, 0.1) is 6.92 Å². The van der Waals surface area contributed by atoms with Crippen LogP contribution in [0.25, 0.3) is 6.08 Å². The predicted molar refractivity (Wildman–Crippen MR) is 89.0 cm³/mol. The van der Waals surface area contributed by atoms with E-state index in [1.54, 1.807) is 23.3 Å². The van der Waals surface area contributed by atoms with Crippen molar-refractivity contribution in [2.75, 3.05) is 13.1 Å². The molecule has 3 rings (SSSR count). The van der Waals surface area contributed by atoms with Gasteiger partial charge in [-0.15, -0.1) is 0 Å². The molecule has 0 atom stereocenters. The van der Waals surface area contributed by atoms with E-state index in [0.717, 1.165) is 24.0 Å². The summed E-state index contributed by atoms with van der Waals surface area (Å²) in [7, 11) is -3.38. The van der Waals surface area contributed by atoms with Crippen LogP contribution >= 0.6 is 0 Å². The maximum absolute atomic E-state index is 12.4. The summed E-state index contributed by atoms with van der Waals surface area (Å²) in [6.45, 7) is 2.99. The van der Waals surface area contributed by atoms with Crippen LogP contribution in [0.1, 0.15) is 30.0 Å². The molecule has 1 aromatic carbocycles. The molecule has 1 aliphatic rings. The molecule has 0 N–H and O–H groups in total. The minimum Gasteiger partial charge on any atom is -0.208 e. The first-order chi connectivity index (χ1) is 11.0. The van der Waals surface area contributed by atoms with Gasteiger partial charge < -0.3 is 0 Å². The van der Waals surface area contributed by atoms with E-state index in [4.69, 9.17) is 0 Å². The lowest BCUT2D eigenvalue weighted by molar-refractivity contribution is 0.246. The fraction of sp³-hybridized carbons (Fsp3) is 0.375. The van der Waals surface area contributed by atoms with E-state index in [9.17, 15) is 8.42 Å². The summed E-state index contributed by atoms with van der Waals surface area (Å²) in [6.07, 6.45) is 6.40. The Morgan fingerprint density at radius 3 is 2.30 bits per heavy atom. The minimum absolute atomic E-state index is 0.178. The lowest BCUT2D eigenvalue weighted by Gasteiger charge is -2.29.